The first-order valence-corrected chi connectivity index (χ1v) is 13.9. The number of ether oxygens (including phenoxy) is 7. The molecular formula is C24H45N5O14. The Morgan fingerprint density at radius 3 is 2.09 bits per heavy atom. The van der Waals surface area contributed by atoms with E-state index in [4.69, 9.17) is 56.1 Å². The Kier molecular flexibility index (Phi) is 13.4. The molecule has 3 saturated heterocycles. The number of hydrogen-bond donors (Lipinski definition) is 10. The van der Waals surface area contributed by atoms with E-state index in [1.165, 1.54) is 14.0 Å². The van der Waals surface area contributed by atoms with Gasteiger partial charge in [-0.15, -0.1) is 0 Å². The predicted molar refractivity (Wildman–Crippen MR) is 141 cm³/mol. The van der Waals surface area contributed by atoms with E-state index in [0.717, 1.165) is 0 Å². The lowest BCUT2D eigenvalue weighted by atomic mass is 9.96. The van der Waals surface area contributed by atoms with Gasteiger partial charge in [-0.2, -0.15) is 0 Å². The van der Waals surface area contributed by atoms with Gasteiger partial charge in [0.05, 0.1) is 31.4 Å². The molecule has 0 spiro atoms. The highest BCUT2D eigenvalue weighted by atomic mass is 16.7. The van der Waals surface area contributed by atoms with Crippen molar-refractivity contribution in [3.8, 4) is 0 Å². The molecule has 19 heteroatoms. The van der Waals surface area contributed by atoms with Crippen LogP contribution in [0.25, 0.3) is 0 Å². The van der Waals surface area contributed by atoms with Crippen LogP contribution in [0.2, 0.25) is 0 Å². The molecule has 3 aliphatic heterocycles. The van der Waals surface area contributed by atoms with Crippen molar-refractivity contribution in [1.29, 1.82) is 0 Å². The summed E-state index contributed by atoms with van der Waals surface area (Å²) in [5.41, 5.74) is 24.0. The first-order chi connectivity index (χ1) is 20.3. The molecule has 6 unspecified atom stereocenters. The van der Waals surface area contributed by atoms with E-state index < -0.39 is 110 Å². The molecule has 3 aliphatic rings. The van der Waals surface area contributed by atoms with Gasteiger partial charge < -0.3 is 86.9 Å². The molecule has 3 fully saturated rings. The van der Waals surface area contributed by atoms with Crippen LogP contribution >= 0.6 is 0 Å². The third kappa shape index (κ3) is 8.75. The van der Waals surface area contributed by atoms with Gasteiger partial charge in [-0.1, -0.05) is 0 Å². The van der Waals surface area contributed by atoms with Gasteiger partial charge in [0.15, 0.2) is 12.6 Å². The van der Waals surface area contributed by atoms with E-state index in [-0.39, 0.29) is 26.2 Å². The molecule has 0 saturated carbocycles. The number of nitrogens with two attached hydrogens (primary N) is 4. The number of amides is 1. The Morgan fingerprint density at radius 1 is 0.884 bits per heavy atom. The van der Waals surface area contributed by atoms with Crippen LogP contribution in [0, 0.1) is 5.92 Å². The van der Waals surface area contributed by atoms with Gasteiger partial charge in [0.1, 0.15) is 67.7 Å². The standard InChI is InChI=1S/C24H45N5O14/c1-8(22(36)38-4-3-37-2)21(35)29-6-11-10(31)5-9(25)23(39-11)41-17-16(34)18(20(28)43-19(17)27)42-24-15(33)13(26)14(32)12(7-30)40-24/h8-20,23-24,30-34H,3-7,25-28H2,1-2H3,(H,29,35)/t8?,9-,10-,11?,12+,13+,14?,15+,16?,17-,18-,19?,20+,23+,24?/m0/s1. The maximum absolute atomic E-state index is 12.5. The van der Waals surface area contributed by atoms with Gasteiger partial charge in [0.2, 0.25) is 5.91 Å². The fourth-order valence-corrected chi connectivity index (χ4v) is 4.80. The lowest BCUT2D eigenvalue weighted by Gasteiger charge is -2.47. The van der Waals surface area contributed by atoms with Crippen molar-refractivity contribution >= 4 is 11.9 Å². The minimum atomic E-state index is -1.60. The van der Waals surface area contributed by atoms with E-state index in [1.54, 1.807) is 0 Å². The van der Waals surface area contributed by atoms with Crippen LogP contribution in [0.4, 0.5) is 0 Å². The summed E-state index contributed by atoms with van der Waals surface area (Å²) in [5.74, 6) is -2.56. The van der Waals surface area contributed by atoms with Crippen LogP contribution in [0.1, 0.15) is 13.3 Å². The van der Waals surface area contributed by atoms with Crippen LogP contribution < -0.4 is 28.3 Å². The molecule has 0 aromatic heterocycles. The van der Waals surface area contributed by atoms with E-state index in [9.17, 15) is 35.1 Å². The molecule has 43 heavy (non-hydrogen) atoms. The minimum Gasteiger partial charge on any atom is -0.463 e. The summed E-state index contributed by atoms with van der Waals surface area (Å²) in [6, 6.07) is -2.15. The molecule has 14 N–H and O–H groups in total. The monoisotopic (exact) mass is 627 g/mol. The zero-order chi connectivity index (χ0) is 32.0. The molecule has 15 atom stereocenters. The smallest absolute Gasteiger partial charge is 0.318 e. The first-order valence-electron chi connectivity index (χ1n) is 13.9. The second kappa shape index (κ2) is 16.1. The van der Waals surface area contributed by atoms with Crippen molar-refractivity contribution in [2.45, 2.75) is 99.3 Å². The van der Waals surface area contributed by atoms with Crippen LogP contribution in [0.5, 0.6) is 0 Å². The number of rotatable bonds is 12. The molecule has 19 nitrogen and oxygen atoms in total. The number of esters is 1. The molecule has 0 aromatic rings. The number of nitrogens with one attached hydrogen (secondary N) is 1. The second-order valence-electron chi connectivity index (χ2n) is 10.7. The highest BCUT2D eigenvalue weighted by Gasteiger charge is 2.51. The summed E-state index contributed by atoms with van der Waals surface area (Å²) >= 11 is 0. The molecule has 1 amide bonds. The van der Waals surface area contributed by atoms with Gasteiger partial charge in [0, 0.05) is 13.7 Å². The van der Waals surface area contributed by atoms with Gasteiger partial charge >= 0.3 is 5.97 Å². The molecule has 3 heterocycles. The van der Waals surface area contributed by atoms with E-state index in [2.05, 4.69) is 5.32 Å². The average Bonchev–Trinajstić information content (AvgIpc) is 2.97. The third-order valence-corrected chi connectivity index (χ3v) is 7.51. The summed E-state index contributed by atoms with van der Waals surface area (Å²) in [6.45, 7) is 0.666. The van der Waals surface area contributed by atoms with Crippen LogP contribution in [0.3, 0.4) is 0 Å². The van der Waals surface area contributed by atoms with Crippen molar-refractivity contribution in [2.75, 3.05) is 33.5 Å². The highest BCUT2D eigenvalue weighted by Crippen LogP contribution is 2.30. The van der Waals surface area contributed by atoms with Crippen molar-refractivity contribution in [2.24, 2.45) is 28.9 Å². The van der Waals surface area contributed by atoms with Gasteiger partial charge in [-0.05, 0) is 13.3 Å². The van der Waals surface area contributed by atoms with Crippen molar-refractivity contribution < 1.29 is 68.3 Å². The largest absolute Gasteiger partial charge is 0.463 e. The number of carbonyl (C=O) groups is 2. The molecule has 3 rings (SSSR count). The molecule has 0 aromatic carbocycles. The van der Waals surface area contributed by atoms with Crippen LogP contribution in [0.15, 0.2) is 0 Å². The summed E-state index contributed by atoms with van der Waals surface area (Å²) < 4.78 is 37.9. The Balaban J connectivity index is 1.61. The Morgan fingerprint density at radius 2 is 1.49 bits per heavy atom. The molecule has 0 radical (unpaired) electrons. The summed E-state index contributed by atoms with van der Waals surface area (Å²) in [7, 11) is 1.44. The maximum Gasteiger partial charge on any atom is 0.318 e. The van der Waals surface area contributed by atoms with Crippen LogP contribution in [-0.2, 0) is 42.7 Å². The first kappa shape index (κ1) is 35.8. The zero-order valence-electron chi connectivity index (χ0n) is 23.9. The average molecular weight is 628 g/mol. The summed E-state index contributed by atoms with van der Waals surface area (Å²) in [5, 5.41) is 54.1. The molecular weight excluding hydrogens is 582 g/mol. The van der Waals surface area contributed by atoms with E-state index in [1.807, 2.05) is 0 Å². The second-order valence-corrected chi connectivity index (χ2v) is 10.7. The number of methoxy groups -OCH3 is 1. The number of aliphatic hydroxyl groups is 5. The van der Waals surface area contributed by atoms with Crippen molar-refractivity contribution in [3.63, 3.8) is 0 Å². The maximum atomic E-state index is 12.5. The van der Waals surface area contributed by atoms with Gasteiger partial charge in [-0.25, -0.2) is 0 Å². The number of carbonyl (C=O) groups excluding carboxylic acids is 2. The fraction of sp³-hybridized carbons (Fsp3) is 0.917. The predicted octanol–water partition coefficient (Wildman–Crippen LogP) is -6.77. The minimum absolute atomic E-state index is 0.0158. The SMILES string of the molecule is COCCOC(=O)C(C)C(=O)NCC1O[C@H](O[C@@H]2C(N)O[C@@H](N)[C@@H](OC3O[C@H](CO)C(O)[C@@H](N)[C@H]3O)C2O)[C@@H](N)C[C@@H]1O. The topological polar surface area (TPSA) is 316 Å². The number of aliphatic hydroxyl groups excluding tert-OH is 5. The number of hydrogen-bond acceptors (Lipinski definition) is 18. The zero-order valence-corrected chi connectivity index (χ0v) is 23.9. The molecule has 250 valence electrons. The normalized spacial score (nSPS) is 42.7. The van der Waals surface area contributed by atoms with E-state index in [0.29, 0.717) is 0 Å². The van der Waals surface area contributed by atoms with E-state index >= 15 is 0 Å². The third-order valence-electron chi connectivity index (χ3n) is 7.51. The lowest BCUT2D eigenvalue weighted by molar-refractivity contribution is -0.343. The Bertz CT molecular complexity index is 906. The fourth-order valence-electron chi connectivity index (χ4n) is 4.80. The molecule has 0 bridgehead atoms. The van der Waals surface area contributed by atoms with Gasteiger partial charge in [-0.3, -0.25) is 9.59 Å². The lowest BCUT2D eigenvalue weighted by Crippen LogP contribution is -2.69. The van der Waals surface area contributed by atoms with Gasteiger partial charge in [0.25, 0.3) is 0 Å². The highest BCUT2D eigenvalue weighted by molar-refractivity contribution is 5.97. The Labute approximate surface area is 247 Å². The summed E-state index contributed by atoms with van der Waals surface area (Å²) in [6.07, 6.45) is -16.1. The summed E-state index contributed by atoms with van der Waals surface area (Å²) in [4.78, 5) is 24.5. The van der Waals surface area contributed by atoms with Crippen molar-refractivity contribution in [3.05, 3.63) is 0 Å². The quantitative estimate of drug-likeness (QED) is 0.0546. The Hall–Kier alpha value is -1.66. The van der Waals surface area contributed by atoms with Crippen molar-refractivity contribution in [1.82, 2.24) is 5.32 Å². The molecule has 0 aliphatic carbocycles. The van der Waals surface area contributed by atoms with Crippen LogP contribution in [-0.4, -0.2) is 157 Å².